The van der Waals surface area contributed by atoms with E-state index < -0.39 is 23.2 Å². The van der Waals surface area contributed by atoms with Gasteiger partial charge in [-0.05, 0) is 33.8 Å². The topological polar surface area (TPSA) is 73.9 Å². The van der Waals surface area contributed by atoms with Crippen LogP contribution < -0.4 is 5.32 Å². The summed E-state index contributed by atoms with van der Waals surface area (Å²) in [5.74, 6) is -0.445. The summed E-state index contributed by atoms with van der Waals surface area (Å²) in [4.78, 5) is 22.9. The Morgan fingerprint density at radius 3 is 2.42 bits per heavy atom. The maximum Gasteiger partial charge on any atom is 0.408 e. The van der Waals surface area contributed by atoms with Crippen LogP contribution in [0.2, 0.25) is 0 Å². The highest BCUT2D eigenvalue weighted by Gasteiger charge is 2.39. The molecule has 0 aromatic carbocycles. The monoisotopic (exact) mass is 271 g/mol. The number of rotatable bonds is 4. The molecule has 1 rings (SSSR count). The molecule has 0 aromatic heterocycles. The largest absolute Gasteiger partial charge is 0.463 e. The molecule has 1 aliphatic rings. The fraction of sp³-hybridized carbons (Fsp3) is 0.692. The fourth-order valence-corrected chi connectivity index (χ4v) is 1.46. The smallest absolute Gasteiger partial charge is 0.408 e. The normalized spacial score (nSPS) is 17.7. The van der Waals surface area contributed by atoms with Crippen molar-refractivity contribution in [3.63, 3.8) is 0 Å². The molecule has 1 amide bonds. The first-order valence-electron chi connectivity index (χ1n) is 6.21. The van der Waals surface area contributed by atoms with Crippen molar-refractivity contribution in [3.05, 3.63) is 12.2 Å². The van der Waals surface area contributed by atoms with Crippen LogP contribution in [0.25, 0.3) is 0 Å². The Balaban J connectivity index is 2.56. The molecule has 0 spiro atoms. The van der Waals surface area contributed by atoms with E-state index in [0.29, 0.717) is 19.8 Å². The Morgan fingerprint density at radius 2 is 2.00 bits per heavy atom. The van der Waals surface area contributed by atoms with Crippen molar-refractivity contribution >= 4 is 12.1 Å². The van der Waals surface area contributed by atoms with Gasteiger partial charge in [0.05, 0.1) is 19.8 Å². The van der Waals surface area contributed by atoms with Gasteiger partial charge in [0.25, 0.3) is 0 Å². The Labute approximate surface area is 113 Å². The number of carbonyl (C=O) groups excluding carboxylic acids is 2. The van der Waals surface area contributed by atoms with Crippen molar-refractivity contribution in [1.29, 1.82) is 0 Å². The molecule has 1 saturated heterocycles. The Kier molecular flexibility index (Phi) is 4.94. The summed E-state index contributed by atoms with van der Waals surface area (Å²) in [6.45, 7) is 8.00. The first kappa shape index (κ1) is 15.5. The van der Waals surface area contributed by atoms with Gasteiger partial charge in [-0.25, -0.2) is 9.59 Å². The molecule has 108 valence electrons. The predicted octanol–water partition coefficient (Wildman–Crippen LogP) is 1.40. The van der Waals surface area contributed by atoms with Crippen molar-refractivity contribution in [2.75, 3.05) is 19.8 Å². The molecule has 0 atom stereocenters. The second kappa shape index (κ2) is 6.06. The maximum atomic E-state index is 11.7. The van der Waals surface area contributed by atoms with Gasteiger partial charge < -0.3 is 19.5 Å². The standard InChI is InChI=1S/C13H21NO5/c1-5-18-10(15)6-7-13(8-17-9-13)14-11(16)19-12(2,3)4/h6-7H,5,8-9H2,1-4H3,(H,14,16). The van der Waals surface area contributed by atoms with Gasteiger partial charge >= 0.3 is 12.1 Å². The predicted molar refractivity (Wildman–Crippen MR) is 68.7 cm³/mol. The van der Waals surface area contributed by atoms with Gasteiger partial charge in [0.2, 0.25) is 0 Å². The first-order valence-corrected chi connectivity index (χ1v) is 6.21. The van der Waals surface area contributed by atoms with Crippen molar-refractivity contribution in [3.8, 4) is 0 Å². The summed E-state index contributed by atoms with van der Waals surface area (Å²) in [5.41, 5.74) is -1.25. The third-order valence-electron chi connectivity index (χ3n) is 2.29. The van der Waals surface area contributed by atoms with Gasteiger partial charge in [0.1, 0.15) is 11.1 Å². The Hall–Kier alpha value is -1.56. The minimum atomic E-state index is -0.685. The summed E-state index contributed by atoms with van der Waals surface area (Å²) in [6, 6.07) is 0. The molecular formula is C13H21NO5. The fourth-order valence-electron chi connectivity index (χ4n) is 1.46. The number of esters is 1. The van der Waals surface area contributed by atoms with E-state index >= 15 is 0 Å². The van der Waals surface area contributed by atoms with Crippen LogP contribution in [-0.2, 0) is 19.0 Å². The molecular weight excluding hydrogens is 250 g/mol. The van der Waals surface area contributed by atoms with Crippen LogP contribution in [0.4, 0.5) is 4.79 Å². The lowest BCUT2D eigenvalue weighted by Gasteiger charge is -2.39. The number of hydrogen-bond acceptors (Lipinski definition) is 5. The van der Waals surface area contributed by atoms with E-state index in [0.717, 1.165) is 0 Å². The van der Waals surface area contributed by atoms with Crippen LogP contribution in [0, 0.1) is 0 Å². The number of nitrogens with one attached hydrogen (secondary N) is 1. The highest BCUT2D eigenvalue weighted by atomic mass is 16.6. The lowest BCUT2D eigenvalue weighted by Crippen LogP contribution is -2.61. The number of ether oxygens (including phenoxy) is 3. The lowest BCUT2D eigenvalue weighted by molar-refractivity contribution is -0.137. The third kappa shape index (κ3) is 5.30. The van der Waals surface area contributed by atoms with E-state index in [-0.39, 0.29) is 0 Å². The quantitative estimate of drug-likeness (QED) is 0.618. The summed E-state index contributed by atoms with van der Waals surface area (Å²) < 4.78 is 15.0. The molecule has 0 saturated carbocycles. The molecule has 19 heavy (non-hydrogen) atoms. The van der Waals surface area contributed by atoms with Gasteiger partial charge in [-0.3, -0.25) is 0 Å². The summed E-state index contributed by atoms with van der Waals surface area (Å²) in [5, 5.41) is 2.70. The minimum Gasteiger partial charge on any atom is -0.463 e. The molecule has 0 aromatic rings. The zero-order valence-electron chi connectivity index (χ0n) is 11.8. The summed E-state index contributed by atoms with van der Waals surface area (Å²) in [7, 11) is 0. The molecule has 1 aliphatic heterocycles. The molecule has 0 aliphatic carbocycles. The van der Waals surface area contributed by atoms with E-state index in [1.54, 1.807) is 33.8 Å². The summed E-state index contributed by atoms with van der Waals surface area (Å²) >= 11 is 0. The second-order valence-corrected chi connectivity index (χ2v) is 5.36. The SMILES string of the molecule is CCOC(=O)C=CC1(NC(=O)OC(C)(C)C)COC1. The number of amides is 1. The number of hydrogen-bond donors (Lipinski definition) is 1. The molecule has 1 N–H and O–H groups in total. The third-order valence-corrected chi connectivity index (χ3v) is 2.29. The Bertz CT molecular complexity index is 366. The van der Waals surface area contributed by atoms with Crippen molar-refractivity contribution < 1.29 is 23.8 Å². The molecule has 0 radical (unpaired) electrons. The lowest BCUT2D eigenvalue weighted by atomic mass is 9.97. The minimum absolute atomic E-state index is 0.308. The Morgan fingerprint density at radius 1 is 1.37 bits per heavy atom. The van der Waals surface area contributed by atoms with Crippen molar-refractivity contribution in [1.82, 2.24) is 5.32 Å². The van der Waals surface area contributed by atoms with E-state index in [2.05, 4.69) is 5.32 Å². The van der Waals surface area contributed by atoms with E-state index in [9.17, 15) is 9.59 Å². The molecule has 6 heteroatoms. The van der Waals surface area contributed by atoms with Crippen molar-refractivity contribution in [2.45, 2.75) is 38.8 Å². The van der Waals surface area contributed by atoms with E-state index in [4.69, 9.17) is 14.2 Å². The van der Waals surface area contributed by atoms with E-state index in [1.807, 2.05) is 0 Å². The molecule has 1 fully saturated rings. The van der Waals surface area contributed by atoms with Gasteiger partial charge in [-0.15, -0.1) is 0 Å². The highest BCUT2D eigenvalue weighted by molar-refractivity contribution is 5.82. The number of carbonyl (C=O) groups is 2. The zero-order valence-corrected chi connectivity index (χ0v) is 11.8. The van der Waals surface area contributed by atoms with E-state index in [1.165, 1.54) is 6.08 Å². The molecule has 1 heterocycles. The van der Waals surface area contributed by atoms with Gasteiger partial charge in [0.15, 0.2) is 0 Å². The van der Waals surface area contributed by atoms with Crippen LogP contribution in [0.5, 0.6) is 0 Å². The van der Waals surface area contributed by atoms with Crippen LogP contribution in [-0.4, -0.2) is 43.0 Å². The molecule has 6 nitrogen and oxygen atoms in total. The van der Waals surface area contributed by atoms with Crippen LogP contribution >= 0.6 is 0 Å². The maximum absolute atomic E-state index is 11.7. The average molecular weight is 271 g/mol. The first-order chi connectivity index (χ1) is 8.76. The van der Waals surface area contributed by atoms with Gasteiger partial charge in [-0.1, -0.05) is 0 Å². The highest BCUT2D eigenvalue weighted by Crippen LogP contribution is 2.20. The number of alkyl carbamates (subject to hydrolysis) is 1. The van der Waals surface area contributed by atoms with Crippen LogP contribution in [0.1, 0.15) is 27.7 Å². The second-order valence-electron chi connectivity index (χ2n) is 5.36. The van der Waals surface area contributed by atoms with Crippen molar-refractivity contribution in [2.24, 2.45) is 0 Å². The summed E-state index contributed by atoms with van der Waals surface area (Å²) in [6.07, 6.45) is 2.34. The molecule has 0 bridgehead atoms. The van der Waals surface area contributed by atoms with Gasteiger partial charge in [0, 0.05) is 6.08 Å². The molecule has 0 unspecified atom stereocenters. The average Bonchev–Trinajstić information content (AvgIpc) is 2.19. The van der Waals surface area contributed by atoms with Gasteiger partial charge in [-0.2, -0.15) is 0 Å². The van der Waals surface area contributed by atoms with Crippen LogP contribution in [0.3, 0.4) is 0 Å². The van der Waals surface area contributed by atoms with Crippen LogP contribution in [0.15, 0.2) is 12.2 Å². The zero-order chi connectivity index (χ0) is 14.5.